The highest BCUT2D eigenvalue weighted by molar-refractivity contribution is 9.10. The number of nitrogens with one attached hydrogen (secondary N) is 1. The molecule has 1 aromatic carbocycles. The van der Waals surface area contributed by atoms with Gasteiger partial charge in [0, 0.05) is 20.8 Å². The first-order valence-electron chi connectivity index (χ1n) is 6.79. The molecule has 2 nitrogen and oxygen atoms in total. The molecule has 0 unspecified atom stereocenters. The third-order valence-corrected chi connectivity index (χ3v) is 5.70. The fraction of sp³-hybridized carbons (Fsp3) is 0.400. The molecule has 1 aromatic heterocycles. The highest BCUT2D eigenvalue weighted by Gasteiger charge is 2.09. The van der Waals surface area contributed by atoms with Crippen LogP contribution in [0.3, 0.4) is 0 Å². The molecule has 0 aliphatic rings. The van der Waals surface area contributed by atoms with Crippen molar-refractivity contribution in [2.75, 3.05) is 6.54 Å². The van der Waals surface area contributed by atoms with E-state index in [1.54, 1.807) is 0 Å². The zero-order chi connectivity index (χ0) is 14.4. The van der Waals surface area contributed by atoms with Gasteiger partial charge in [-0.05, 0) is 37.2 Å². The first kappa shape index (κ1) is 16.0. The summed E-state index contributed by atoms with van der Waals surface area (Å²) in [6.45, 7) is 6.26. The Balaban J connectivity index is 1.98. The summed E-state index contributed by atoms with van der Waals surface area (Å²) in [5.74, 6) is 0.950. The fourth-order valence-electron chi connectivity index (χ4n) is 1.83. The predicted octanol–water partition coefficient (Wildman–Crippen LogP) is 4.87. The van der Waals surface area contributed by atoms with Gasteiger partial charge in [-0.3, -0.25) is 0 Å². The number of rotatable bonds is 7. The molecule has 1 N–H and O–H groups in total. The van der Waals surface area contributed by atoms with Crippen molar-refractivity contribution in [3.8, 4) is 0 Å². The number of aryl methyl sites for hydroxylation is 1. The summed E-state index contributed by atoms with van der Waals surface area (Å²) in [5, 5.41) is 4.62. The van der Waals surface area contributed by atoms with Crippen LogP contribution in [0.2, 0.25) is 0 Å². The van der Waals surface area contributed by atoms with Crippen molar-refractivity contribution in [2.24, 2.45) is 0 Å². The molecule has 108 valence electrons. The quantitative estimate of drug-likeness (QED) is 0.703. The van der Waals surface area contributed by atoms with Crippen molar-refractivity contribution < 1.29 is 0 Å². The van der Waals surface area contributed by atoms with E-state index in [-0.39, 0.29) is 0 Å². The van der Waals surface area contributed by atoms with Gasteiger partial charge in [0.25, 0.3) is 0 Å². The maximum Gasteiger partial charge on any atom is 0.103 e. The van der Waals surface area contributed by atoms with Gasteiger partial charge >= 0.3 is 0 Å². The summed E-state index contributed by atoms with van der Waals surface area (Å²) >= 11 is 7.15. The van der Waals surface area contributed by atoms with Crippen LogP contribution in [-0.2, 0) is 18.7 Å². The molecule has 0 amide bonds. The monoisotopic (exact) mass is 370 g/mol. The van der Waals surface area contributed by atoms with Crippen LogP contribution in [0, 0.1) is 0 Å². The minimum absolute atomic E-state index is 0.945. The van der Waals surface area contributed by atoms with Gasteiger partial charge in [-0.25, -0.2) is 4.98 Å². The molecule has 20 heavy (non-hydrogen) atoms. The van der Waals surface area contributed by atoms with Gasteiger partial charge < -0.3 is 5.32 Å². The molecule has 2 rings (SSSR count). The maximum absolute atomic E-state index is 4.76. The minimum Gasteiger partial charge on any atom is -0.312 e. The van der Waals surface area contributed by atoms with E-state index in [0.29, 0.717) is 0 Å². The van der Waals surface area contributed by atoms with E-state index in [1.807, 2.05) is 23.1 Å². The number of thiazole rings is 1. The molecule has 0 saturated heterocycles. The highest BCUT2D eigenvalue weighted by atomic mass is 79.9. The van der Waals surface area contributed by atoms with E-state index in [4.69, 9.17) is 4.98 Å². The van der Waals surface area contributed by atoms with Crippen LogP contribution in [0.25, 0.3) is 0 Å². The lowest BCUT2D eigenvalue weighted by molar-refractivity contribution is 0.727. The summed E-state index contributed by atoms with van der Waals surface area (Å²) in [7, 11) is 0. The van der Waals surface area contributed by atoms with Gasteiger partial charge in [0.2, 0.25) is 0 Å². The van der Waals surface area contributed by atoms with Gasteiger partial charge in [-0.2, -0.15) is 0 Å². The van der Waals surface area contributed by atoms with Crippen molar-refractivity contribution in [1.82, 2.24) is 10.3 Å². The Bertz CT molecular complexity index is 537. The van der Waals surface area contributed by atoms with Crippen molar-refractivity contribution in [3.63, 3.8) is 0 Å². The summed E-state index contributed by atoms with van der Waals surface area (Å²) in [4.78, 5) is 7.44. The first-order valence-corrected chi connectivity index (χ1v) is 9.39. The second kappa shape index (κ2) is 8.17. The lowest BCUT2D eigenvalue weighted by Crippen LogP contribution is -2.11. The SMILES string of the molecule is CCNCc1sc(CSc2ccc(Br)cc2)nc1CC. The Morgan fingerprint density at radius 1 is 1.25 bits per heavy atom. The third-order valence-electron chi connectivity index (χ3n) is 2.87. The van der Waals surface area contributed by atoms with Gasteiger partial charge in [0.1, 0.15) is 5.01 Å². The van der Waals surface area contributed by atoms with Crippen LogP contribution in [-0.4, -0.2) is 11.5 Å². The Kier molecular flexibility index (Phi) is 6.55. The zero-order valence-corrected chi connectivity index (χ0v) is 15.0. The molecule has 0 saturated carbocycles. The minimum atomic E-state index is 0.945. The van der Waals surface area contributed by atoms with Crippen LogP contribution < -0.4 is 5.32 Å². The number of hydrogen-bond donors (Lipinski definition) is 1. The molecule has 0 fully saturated rings. The number of benzene rings is 1. The molecule has 5 heteroatoms. The van der Waals surface area contributed by atoms with Crippen molar-refractivity contribution in [2.45, 2.75) is 37.5 Å². The van der Waals surface area contributed by atoms with Gasteiger partial charge in [-0.15, -0.1) is 23.1 Å². The molecule has 0 bridgehead atoms. The fourth-order valence-corrected chi connectivity index (χ4v) is 4.11. The van der Waals surface area contributed by atoms with E-state index in [9.17, 15) is 0 Å². The molecule has 0 radical (unpaired) electrons. The average molecular weight is 371 g/mol. The van der Waals surface area contributed by atoms with Crippen LogP contribution in [0.4, 0.5) is 0 Å². The number of nitrogens with zero attached hydrogens (tertiary/aromatic N) is 1. The summed E-state index contributed by atoms with van der Waals surface area (Å²) in [5.41, 5.74) is 1.25. The highest BCUT2D eigenvalue weighted by Crippen LogP contribution is 2.28. The van der Waals surface area contributed by atoms with Gasteiger partial charge in [0.05, 0.1) is 11.4 Å². The van der Waals surface area contributed by atoms with Crippen LogP contribution >= 0.6 is 39.0 Å². The Labute approximate surface area is 137 Å². The predicted molar refractivity (Wildman–Crippen MR) is 92.6 cm³/mol. The number of aromatic nitrogens is 1. The van der Waals surface area contributed by atoms with Crippen LogP contribution in [0.15, 0.2) is 33.6 Å². The lowest BCUT2D eigenvalue weighted by atomic mass is 10.3. The first-order chi connectivity index (χ1) is 9.72. The van der Waals surface area contributed by atoms with Gasteiger partial charge in [-0.1, -0.05) is 29.8 Å². The second-order valence-electron chi connectivity index (χ2n) is 4.35. The second-order valence-corrected chi connectivity index (χ2v) is 7.49. The molecule has 0 atom stereocenters. The standard InChI is InChI=1S/C15H19BrN2S2/c1-3-13-14(9-17-4-2)20-15(18-13)10-19-12-7-5-11(16)6-8-12/h5-8,17H,3-4,9-10H2,1-2H3. The number of hydrogen-bond acceptors (Lipinski definition) is 4. The number of thioether (sulfide) groups is 1. The van der Waals surface area contributed by atoms with Crippen LogP contribution in [0.5, 0.6) is 0 Å². The zero-order valence-electron chi connectivity index (χ0n) is 11.8. The normalized spacial score (nSPS) is 10.9. The van der Waals surface area contributed by atoms with E-state index in [2.05, 4.69) is 59.4 Å². The molecule has 1 heterocycles. The van der Waals surface area contributed by atoms with E-state index in [0.717, 1.165) is 29.7 Å². The Morgan fingerprint density at radius 2 is 2.00 bits per heavy atom. The molecular weight excluding hydrogens is 352 g/mol. The summed E-state index contributed by atoms with van der Waals surface area (Å²) in [6, 6.07) is 8.45. The van der Waals surface area contributed by atoms with E-state index in [1.165, 1.54) is 20.5 Å². The molecule has 0 aliphatic carbocycles. The van der Waals surface area contributed by atoms with E-state index >= 15 is 0 Å². The van der Waals surface area contributed by atoms with Gasteiger partial charge in [0.15, 0.2) is 0 Å². The third kappa shape index (κ3) is 4.58. The number of halogens is 1. The maximum atomic E-state index is 4.76. The largest absolute Gasteiger partial charge is 0.312 e. The summed E-state index contributed by atoms with van der Waals surface area (Å²) in [6.07, 6.45) is 1.01. The molecular formula is C15H19BrN2S2. The van der Waals surface area contributed by atoms with Crippen molar-refractivity contribution >= 4 is 39.0 Å². The average Bonchev–Trinajstić information content (AvgIpc) is 2.87. The summed E-state index contributed by atoms with van der Waals surface area (Å²) < 4.78 is 1.12. The van der Waals surface area contributed by atoms with Crippen molar-refractivity contribution in [3.05, 3.63) is 44.3 Å². The van der Waals surface area contributed by atoms with E-state index < -0.39 is 0 Å². The lowest BCUT2D eigenvalue weighted by Gasteiger charge is -1.99. The Hall–Kier alpha value is -0.360. The smallest absolute Gasteiger partial charge is 0.103 e. The molecule has 0 spiro atoms. The topological polar surface area (TPSA) is 24.9 Å². The molecule has 0 aliphatic heterocycles. The van der Waals surface area contributed by atoms with Crippen molar-refractivity contribution in [1.29, 1.82) is 0 Å². The van der Waals surface area contributed by atoms with Crippen LogP contribution in [0.1, 0.15) is 29.4 Å². The Morgan fingerprint density at radius 3 is 2.65 bits per heavy atom. The molecule has 2 aromatic rings.